The second-order valence-corrected chi connectivity index (χ2v) is 7.18. The molecular formula is C18H23ClN4O3. The van der Waals surface area contributed by atoms with Gasteiger partial charge in [0.2, 0.25) is 0 Å². The monoisotopic (exact) mass is 378 g/mol. The highest BCUT2D eigenvalue weighted by atomic mass is 35.5. The summed E-state index contributed by atoms with van der Waals surface area (Å²) in [4.78, 5) is 24.6. The minimum atomic E-state index is -0.633. The van der Waals surface area contributed by atoms with Crippen LogP contribution in [0.15, 0.2) is 30.0 Å². The van der Waals surface area contributed by atoms with Crippen LogP contribution in [0.2, 0.25) is 5.02 Å². The van der Waals surface area contributed by atoms with Crippen molar-refractivity contribution in [2.24, 2.45) is 11.8 Å². The zero-order valence-electron chi connectivity index (χ0n) is 15.3. The van der Waals surface area contributed by atoms with Gasteiger partial charge in [-0.05, 0) is 24.0 Å². The Hall–Kier alpha value is -2.59. The Kier molecular flexibility index (Phi) is 8.07. The molecule has 7 nitrogen and oxygen atoms in total. The molecule has 140 valence electrons. The van der Waals surface area contributed by atoms with Gasteiger partial charge in [-0.2, -0.15) is 5.26 Å². The topological polar surface area (TPSA) is 99.3 Å². The van der Waals surface area contributed by atoms with Crippen molar-refractivity contribution >= 4 is 28.9 Å². The molecule has 1 N–H and O–H groups in total. The fourth-order valence-electron chi connectivity index (χ4n) is 2.37. The molecule has 0 fully saturated rings. The van der Waals surface area contributed by atoms with E-state index in [1.165, 1.54) is 12.1 Å². The van der Waals surface area contributed by atoms with Gasteiger partial charge in [0.15, 0.2) is 0 Å². The summed E-state index contributed by atoms with van der Waals surface area (Å²) in [6, 6.07) is 5.83. The van der Waals surface area contributed by atoms with Gasteiger partial charge in [-0.25, -0.2) is 0 Å². The number of halogens is 1. The van der Waals surface area contributed by atoms with E-state index in [4.69, 9.17) is 11.6 Å². The number of anilines is 1. The summed E-state index contributed by atoms with van der Waals surface area (Å²) in [5.41, 5.74) is -0.177. The molecule has 26 heavy (non-hydrogen) atoms. The van der Waals surface area contributed by atoms with Gasteiger partial charge in [0.1, 0.15) is 16.7 Å². The molecule has 0 spiro atoms. The van der Waals surface area contributed by atoms with Gasteiger partial charge < -0.3 is 10.2 Å². The van der Waals surface area contributed by atoms with Crippen LogP contribution in [0.5, 0.6) is 0 Å². The average Bonchev–Trinajstić information content (AvgIpc) is 2.52. The van der Waals surface area contributed by atoms with Gasteiger partial charge in [0.05, 0.1) is 4.92 Å². The zero-order valence-corrected chi connectivity index (χ0v) is 16.1. The third kappa shape index (κ3) is 6.73. The fraction of sp³-hybridized carbons (Fsp3) is 0.444. The summed E-state index contributed by atoms with van der Waals surface area (Å²) in [6.45, 7) is 9.65. The molecule has 0 unspecified atom stereocenters. The van der Waals surface area contributed by atoms with E-state index in [0.717, 1.165) is 6.07 Å². The number of nitro benzene ring substituents is 1. The van der Waals surface area contributed by atoms with Crippen LogP contribution >= 0.6 is 11.6 Å². The molecule has 0 aliphatic carbocycles. The summed E-state index contributed by atoms with van der Waals surface area (Å²) < 4.78 is 0. The molecule has 0 saturated carbocycles. The summed E-state index contributed by atoms with van der Waals surface area (Å²) in [5.74, 6) is 0.112. The van der Waals surface area contributed by atoms with E-state index in [1.54, 1.807) is 6.20 Å². The Labute approximate surface area is 158 Å². The van der Waals surface area contributed by atoms with Gasteiger partial charge in [0, 0.05) is 31.0 Å². The number of nitro groups is 1. The number of nitrogens with one attached hydrogen (secondary N) is 1. The molecule has 0 heterocycles. The quantitative estimate of drug-likeness (QED) is 0.316. The smallest absolute Gasteiger partial charge is 0.289 e. The van der Waals surface area contributed by atoms with Crippen molar-refractivity contribution in [1.82, 2.24) is 4.90 Å². The number of carbonyl (C=O) groups excluding carboxylic acids is 1. The molecule has 0 saturated heterocycles. The highest BCUT2D eigenvalue weighted by Gasteiger charge is 2.17. The Morgan fingerprint density at radius 3 is 2.38 bits per heavy atom. The molecule has 1 aromatic rings. The van der Waals surface area contributed by atoms with Crippen LogP contribution in [0.25, 0.3) is 0 Å². The first-order valence-electron chi connectivity index (χ1n) is 8.25. The second kappa shape index (κ2) is 9.78. The zero-order chi connectivity index (χ0) is 19.9. The summed E-state index contributed by atoms with van der Waals surface area (Å²) in [5, 5.41) is 22.8. The Balaban J connectivity index is 3.02. The second-order valence-electron chi connectivity index (χ2n) is 6.77. The predicted octanol–water partition coefficient (Wildman–Crippen LogP) is 4.21. The minimum absolute atomic E-state index is 0.0240. The summed E-state index contributed by atoms with van der Waals surface area (Å²) in [7, 11) is 0. The van der Waals surface area contributed by atoms with Crippen molar-refractivity contribution in [1.29, 1.82) is 5.26 Å². The first-order chi connectivity index (χ1) is 12.1. The van der Waals surface area contributed by atoms with Crippen molar-refractivity contribution in [3.05, 3.63) is 45.1 Å². The van der Waals surface area contributed by atoms with Crippen molar-refractivity contribution < 1.29 is 9.72 Å². The fourth-order valence-corrected chi connectivity index (χ4v) is 2.55. The maximum Gasteiger partial charge on any atom is 0.289 e. The Morgan fingerprint density at radius 1 is 1.35 bits per heavy atom. The highest BCUT2D eigenvalue weighted by Crippen LogP contribution is 2.27. The molecule has 0 atom stereocenters. The highest BCUT2D eigenvalue weighted by molar-refractivity contribution is 6.32. The maximum atomic E-state index is 12.4. The van der Waals surface area contributed by atoms with Crippen LogP contribution in [-0.2, 0) is 4.79 Å². The number of benzene rings is 1. The van der Waals surface area contributed by atoms with Crippen molar-refractivity contribution in [2.75, 3.05) is 18.4 Å². The van der Waals surface area contributed by atoms with Crippen LogP contribution < -0.4 is 5.32 Å². The largest absolute Gasteiger partial charge is 0.376 e. The molecule has 0 aliphatic heterocycles. The van der Waals surface area contributed by atoms with Crippen molar-refractivity contribution in [3.8, 4) is 6.07 Å². The average molecular weight is 379 g/mol. The standard InChI is InChI=1S/C18H23ClN4O3/c1-12(2)9-22(10-13(3)4)11-14(8-20)18(24)21-15-5-6-16(19)17(7-15)23(25)26/h5-7,11-13H,9-10H2,1-4H3,(H,21,24)/b14-11-. The van der Waals surface area contributed by atoms with Gasteiger partial charge in [-0.3, -0.25) is 14.9 Å². The molecule has 0 aliphatic rings. The number of carbonyl (C=O) groups is 1. The first-order valence-corrected chi connectivity index (χ1v) is 8.63. The number of nitrogens with zero attached hydrogens (tertiary/aromatic N) is 3. The third-order valence-electron chi connectivity index (χ3n) is 3.28. The molecule has 0 radical (unpaired) electrons. The normalized spacial score (nSPS) is 11.4. The van der Waals surface area contributed by atoms with Gasteiger partial charge in [-0.15, -0.1) is 0 Å². The summed E-state index contributed by atoms with van der Waals surface area (Å²) in [6.07, 6.45) is 1.54. The van der Waals surface area contributed by atoms with Crippen LogP contribution in [-0.4, -0.2) is 28.8 Å². The molecule has 8 heteroatoms. The minimum Gasteiger partial charge on any atom is -0.376 e. The lowest BCUT2D eigenvalue weighted by atomic mass is 10.1. The Bertz CT molecular complexity index is 728. The van der Waals surface area contributed by atoms with Gasteiger partial charge >= 0.3 is 0 Å². The SMILES string of the molecule is CC(C)CN(/C=C(/C#N)C(=O)Nc1ccc(Cl)c([N+](=O)[O-])c1)CC(C)C. The Morgan fingerprint density at radius 2 is 1.92 bits per heavy atom. The van der Waals surface area contributed by atoms with Crippen LogP contribution in [0, 0.1) is 33.3 Å². The van der Waals surface area contributed by atoms with Gasteiger partial charge in [-0.1, -0.05) is 39.3 Å². The predicted molar refractivity (Wildman–Crippen MR) is 102 cm³/mol. The van der Waals surface area contributed by atoms with Gasteiger partial charge in [0.25, 0.3) is 11.6 Å². The number of hydrogen-bond donors (Lipinski definition) is 1. The van der Waals surface area contributed by atoms with E-state index in [9.17, 15) is 20.2 Å². The number of nitriles is 1. The maximum absolute atomic E-state index is 12.4. The molecular weight excluding hydrogens is 356 g/mol. The number of amides is 1. The van der Waals surface area contributed by atoms with E-state index in [0.29, 0.717) is 24.9 Å². The molecule has 1 rings (SSSR count). The molecule has 1 aromatic carbocycles. The van der Waals surface area contributed by atoms with E-state index in [-0.39, 0.29) is 22.0 Å². The van der Waals surface area contributed by atoms with E-state index in [1.807, 2.05) is 11.0 Å². The van der Waals surface area contributed by atoms with Crippen molar-refractivity contribution in [3.63, 3.8) is 0 Å². The molecule has 0 aromatic heterocycles. The van der Waals surface area contributed by atoms with E-state index >= 15 is 0 Å². The lowest BCUT2D eigenvalue weighted by molar-refractivity contribution is -0.384. The number of rotatable bonds is 8. The van der Waals surface area contributed by atoms with E-state index in [2.05, 4.69) is 33.0 Å². The lowest BCUT2D eigenvalue weighted by Crippen LogP contribution is -2.28. The first kappa shape index (κ1) is 21.5. The van der Waals surface area contributed by atoms with E-state index < -0.39 is 10.8 Å². The number of hydrogen-bond acceptors (Lipinski definition) is 5. The molecule has 1 amide bonds. The van der Waals surface area contributed by atoms with Crippen LogP contribution in [0.4, 0.5) is 11.4 Å². The summed E-state index contributed by atoms with van der Waals surface area (Å²) >= 11 is 5.76. The molecule has 0 bridgehead atoms. The lowest BCUT2D eigenvalue weighted by Gasteiger charge is -2.25. The third-order valence-corrected chi connectivity index (χ3v) is 3.60. The van der Waals surface area contributed by atoms with Crippen LogP contribution in [0.3, 0.4) is 0 Å². The van der Waals surface area contributed by atoms with Crippen LogP contribution in [0.1, 0.15) is 27.7 Å². The van der Waals surface area contributed by atoms with Crippen molar-refractivity contribution in [2.45, 2.75) is 27.7 Å².